The Labute approximate surface area is 168 Å². The van der Waals surface area contributed by atoms with Crippen LogP contribution in [0.3, 0.4) is 0 Å². The summed E-state index contributed by atoms with van der Waals surface area (Å²) < 4.78 is 12.2. The molecule has 2 unspecified atom stereocenters. The molecule has 0 saturated carbocycles. The van der Waals surface area contributed by atoms with Crippen molar-refractivity contribution in [1.29, 1.82) is 0 Å². The van der Waals surface area contributed by atoms with Crippen molar-refractivity contribution in [2.24, 2.45) is 23.3 Å². The standard InChI is InChI=1S/C24H32N2O2/c25-11-5-13-27-15-21-22(16-28-14-6-12-26)24-18-8-2-1-7-17(18)23(21)19-9-3-4-10-20(19)24/h1-4,7-10,21-24H,5-6,11-16,25-26H2. The summed E-state index contributed by atoms with van der Waals surface area (Å²) in [6, 6.07) is 17.9. The molecule has 0 heterocycles. The van der Waals surface area contributed by atoms with Gasteiger partial charge >= 0.3 is 0 Å². The minimum absolute atomic E-state index is 0.374. The molecule has 2 aromatic carbocycles. The molecular formula is C24H32N2O2. The van der Waals surface area contributed by atoms with Crippen molar-refractivity contribution in [3.05, 3.63) is 70.8 Å². The molecule has 0 spiro atoms. The second-order valence-corrected chi connectivity index (χ2v) is 7.98. The smallest absolute Gasteiger partial charge is 0.0507 e. The Morgan fingerprint density at radius 3 is 1.29 bits per heavy atom. The summed E-state index contributed by atoms with van der Waals surface area (Å²) in [7, 11) is 0. The van der Waals surface area contributed by atoms with Gasteiger partial charge in [-0.3, -0.25) is 0 Å². The quantitative estimate of drug-likeness (QED) is 0.621. The molecule has 5 rings (SSSR count). The molecule has 150 valence electrons. The summed E-state index contributed by atoms with van der Waals surface area (Å²) in [5.74, 6) is 1.59. The molecule has 4 N–H and O–H groups in total. The highest BCUT2D eigenvalue weighted by Crippen LogP contribution is 2.58. The first-order valence-electron chi connectivity index (χ1n) is 10.6. The molecule has 2 atom stereocenters. The van der Waals surface area contributed by atoms with Gasteiger partial charge in [0.2, 0.25) is 0 Å². The average molecular weight is 381 g/mol. The van der Waals surface area contributed by atoms with Crippen molar-refractivity contribution in [2.45, 2.75) is 24.7 Å². The van der Waals surface area contributed by atoms with E-state index >= 15 is 0 Å². The average Bonchev–Trinajstić information content (AvgIpc) is 2.74. The summed E-state index contributed by atoms with van der Waals surface area (Å²) in [6.45, 7) is 4.33. The lowest BCUT2D eigenvalue weighted by molar-refractivity contribution is 0.00954. The fourth-order valence-electron chi connectivity index (χ4n) is 5.16. The third-order valence-corrected chi connectivity index (χ3v) is 6.34. The summed E-state index contributed by atoms with van der Waals surface area (Å²) >= 11 is 0. The Morgan fingerprint density at radius 2 is 0.964 bits per heavy atom. The second kappa shape index (κ2) is 9.19. The van der Waals surface area contributed by atoms with Gasteiger partial charge < -0.3 is 20.9 Å². The van der Waals surface area contributed by atoms with E-state index in [0.29, 0.717) is 36.8 Å². The van der Waals surface area contributed by atoms with Crippen molar-refractivity contribution >= 4 is 0 Å². The van der Waals surface area contributed by atoms with E-state index in [9.17, 15) is 0 Å². The number of hydrogen-bond donors (Lipinski definition) is 2. The van der Waals surface area contributed by atoms with Gasteiger partial charge in [-0.25, -0.2) is 0 Å². The van der Waals surface area contributed by atoms with E-state index < -0.39 is 0 Å². The van der Waals surface area contributed by atoms with E-state index in [4.69, 9.17) is 20.9 Å². The van der Waals surface area contributed by atoms with Crippen LogP contribution < -0.4 is 11.5 Å². The van der Waals surface area contributed by atoms with Gasteiger partial charge in [0, 0.05) is 25.0 Å². The topological polar surface area (TPSA) is 70.5 Å². The van der Waals surface area contributed by atoms with Gasteiger partial charge in [-0.05, 0) is 60.0 Å². The molecular weight excluding hydrogens is 348 g/mol. The molecule has 0 radical (unpaired) electrons. The molecule has 4 heteroatoms. The van der Waals surface area contributed by atoms with E-state index in [0.717, 1.165) is 39.3 Å². The van der Waals surface area contributed by atoms with Gasteiger partial charge in [0.15, 0.2) is 0 Å². The number of nitrogens with two attached hydrogens (primary N) is 2. The molecule has 4 nitrogen and oxygen atoms in total. The van der Waals surface area contributed by atoms with Crippen LogP contribution >= 0.6 is 0 Å². The molecule has 0 amide bonds. The maximum Gasteiger partial charge on any atom is 0.0507 e. The van der Waals surface area contributed by atoms with Crippen LogP contribution in [0.5, 0.6) is 0 Å². The highest BCUT2D eigenvalue weighted by Gasteiger charge is 2.49. The van der Waals surface area contributed by atoms with Gasteiger partial charge in [0.1, 0.15) is 0 Å². The lowest BCUT2D eigenvalue weighted by atomic mass is 9.54. The van der Waals surface area contributed by atoms with Gasteiger partial charge in [0.25, 0.3) is 0 Å². The highest BCUT2D eigenvalue weighted by atomic mass is 16.5. The third kappa shape index (κ3) is 3.62. The second-order valence-electron chi connectivity index (χ2n) is 7.98. The Kier molecular flexibility index (Phi) is 6.43. The predicted molar refractivity (Wildman–Crippen MR) is 113 cm³/mol. The van der Waals surface area contributed by atoms with Crippen LogP contribution in [0.1, 0.15) is 46.9 Å². The zero-order valence-electron chi connectivity index (χ0n) is 16.6. The first-order chi connectivity index (χ1) is 13.9. The van der Waals surface area contributed by atoms with Gasteiger partial charge in [-0.15, -0.1) is 0 Å². The number of hydrogen-bond acceptors (Lipinski definition) is 4. The van der Waals surface area contributed by atoms with Crippen molar-refractivity contribution in [2.75, 3.05) is 39.5 Å². The predicted octanol–water partition coefficient (Wildman–Crippen LogP) is 3.24. The van der Waals surface area contributed by atoms with Gasteiger partial charge in [0.05, 0.1) is 13.2 Å². The van der Waals surface area contributed by atoms with Crippen LogP contribution in [0.15, 0.2) is 48.5 Å². The van der Waals surface area contributed by atoms with Gasteiger partial charge in [-0.2, -0.15) is 0 Å². The Balaban J connectivity index is 1.67. The highest BCUT2D eigenvalue weighted by molar-refractivity contribution is 5.56. The SMILES string of the molecule is NCCCOCC1C2c3ccccc3C(c3ccccc32)C1COCCCN. The molecule has 0 fully saturated rings. The summed E-state index contributed by atoms with van der Waals surface area (Å²) in [4.78, 5) is 0. The van der Waals surface area contributed by atoms with E-state index in [-0.39, 0.29) is 0 Å². The number of rotatable bonds is 10. The van der Waals surface area contributed by atoms with Crippen molar-refractivity contribution < 1.29 is 9.47 Å². The van der Waals surface area contributed by atoms with Crippen molar-refractivity contribution in [3.8, 4) is 0 Å². The lowest BCUT2D eigenvalue weighted by Gasteiger charge is -2.50. The molecule has 3 aliphatic rings. The Morgan fingerprint density at radius 1 is 0.607 bits per heavy atom. The van der Waals surface area contributed by atoms with Gasteiger partial charge in [-0.1, -0.05) is 48.5 Å². The molecule has 2 bridgehead atoms. The van der Waals surface area contributed by atoms with Crippen LogP contribution in [0.2, 0.25) is 0 Å². The fraction of sp³-hybridized carbons (Fsp3) is 0.500. The van der Waals surface area contributed by atoms with E-state index in [1.54, 1.807) is 0 Å². The molecule has 28 heavy (non-hydrogen) atoms. The molecule has 0 aliphatic heterocycles. The number of fused-ring (bicyclic) bond motifs is 1. The largest absolute Gasteiger partial charge is 0.381 e. The van der Waals surface area contributed by atoms with E-state index in [1.165, 1.54) is 22.3 Å². The van der Waals surface area contributed by atoms with Crippen LogP contribution in [-0.2, 0) is 9.47 Å². The minimum Gasteiger partial charge on any atom is -0.381 e. The van der Waals surface area contributed by atoms with Crippen LogP contribution in [0, 0.1) is 11.8 Å². The van der Waals surface area contributed by atoms with Crippen molar-refractivity contribution in [1.82, 2.24) is 0 Å². The summed E-state index contributed by atoms with van der Waals surface area (Å²) in [6.07, 6.45) is 1.82. The normalized spacial score (nSPS) is 24.8. The van der Waals surface area contributed by atoms with E-state index in [2.05, 4.69) is 48.5 Å². The maximum absolute atomic E-state index is 6.10. The summed E-state index contributed by atoms with van der Waals surface area (Å²) in [5.41, 5.74) is 17.2. The summed E-state index contributed by atoms with van der Waals surface area (Å²) in [5, 5.41) is 0. The monoisotopic (exact) mass is 380 g/mol. The van der Waals surface area contributed by atoms with Crippen molar-refractivity contribution in [3.63, 3.8) is 0 Å². The Bertz CT molecular complexity index is 667. The first-order valence-corrected chi connectivity index (χ1v) is 10.6. The maximum atomic E-state index is 6.10. The molecule has 2 aromatic rings. The number of ether oxygens (including phenoxy) is 2. The molecule has 3 aliphatic carbocycles. The third-order valence-electron chi connectivity index (χ3n) is 6.34. The Hall–Kier alpha value is -1.72. The van der Waals surface area contributed by atoms with Crippen LogP contribution in [-0.4, -0.2) is 39.5 Å². The zero-order chi connectivity index (χ0) is 19.3. The fourth-order valence-corrected chi connectivity index (χ4v) is 5.16. The van der Waals surface area contributed by atoms with Crippen LogP contribution in [0.25, 0.3) is 0 Å². The number of benzene rings is 2. The van der Waals surface area contributed by atoms with Crippen LogP contribution in [0.4, 0.5) is 0 Å². The van der Waals surface area contributed by atoms with E-state index in [1.807, 2.05) is 0 Å². The molecule has 0 saturated heterocycles. The first kappa shape index (κ1) is 19.6. The zero-order valence-corrected chi connectivity index (χ0v) is 16.6. The molecule has 0 aromatic heterocycles. The lowest BCUT2D eigenvalue weighted by Crippen LogP contribution is -2.44. The minimum atomic E-state index is 0.374.